The highest BCUT2D eigenvalue weighted by Crippen LogP contribution is 2.32. The predicted octanol–water partition coefficient (Wildman–Crippen LogP) is 2.41. The zero-order valence-electron chi connectivity index (χ0n) is 11.8. The Hall–Kier alpha value is -1.75. The Morgan fingerprint density at radius 2 is 2.05 bits per heavy atom. The van der Waals surface area contributed by atoms with E-state index in [9.17, 15) is 0 Å². The number of rotatable bonds is 5. The lowest BCUT2D eigenvalue weighted by molar-refractivity contribution is -0.105. The average Bonchev–Trinajstić information content (AvgIpc) is 2.49. The molecule has 0 unspecified atom stereocenters. The van der Waals surface area contributed by atoms with Gasteiger partial charge >= 0.3 is 0 Å². The second kappa shape index (κ2) is 8.43. The highest BCUT2D eigenvalue weighted by atomic mass is 32.2. The lowest BCUT2D eigenvalue weighted by atomic mass is 10.1. The van der Waals surface area contributed by atoms with Crippen molar-refractivity contribution in [1.29, 1.82) is 5.26 Å². The fourth-order valence-electron chi connectivity index (χ4n) is 1.58. The minimum Gasteiger partial charge on any atom is -0.497 e. The normalized spacial score (nSPS) is 11.3. The molecule has 0 spiro atoms. The van der Waals surface area contributed by atoms with Gasteiger partial charge in [-0.1, -0.05) is 11.8 Å². The molecule has 108 valence electrons. The number of amidine groups is 1. The number of nitrogens with zero attached hydrogens (tertiary/aromatic N) is 2. The number of methoxy groups -OCH3 is 3. The maximum Gasteiger partial charge on any atom is 0.185 e. The van der Waals surface area contributed by atoms with Crippen LogP contribution in [0.2, 0.25) is 0 Å². The molecule has 0 atom stereocenters. The Kier molecular flexibility index (Phi) is 6.87. The SMILES string of the molecule is COc1ccc(N=C(NC#N)SC)c(C(OC)OC)c1. The minimum atomic E-state index is -0.561. The number of nitrogens with one attached hydrogen (secondary N) is 1. The van der Waals surface area contributed by atoms with Crippen LogP contribution in [-0.4, -0.2) is 32.8 Å². The third-order valence-corrected chi connectivity index (χ3v) is 3.08. The number of hydrogen-bond donors (Lipinski definition) is 1. The van der Waals surface area contributed by atoms with Crippen LogP contribution < -0.4 is 10.1 Å². The molecule has 0 saturated carbocycles. The van der Waals surface area contributed by atoms with Crippen molar-refractivity contribution in [3.05, 3.63) is 23.8 Å². The standard InChI is InChI=1S/C13H17N3O3S/c1-17-9-5-6-11(16-13(20-4)15-8-14)10(7-9)12(18-2)19-3/h5-7,12H,1-4H3,(H,15,16). The van der Waals surface area contributed by atoms with Gasteiger partial charge < -0.3 is 14.2 Å². The summed E-state index contributed by atoms with van der Waals surface area (Å²) in [6.45, 7) is 0. The van der Waals surface area contributed by atoms with Crippen LogP contribution in [0.15, 0.2) is 23.2 Å². The molecule has 1 aromatic rings. The molecule has 0 bridgehead atoms. The number of thioether (sulfide) groups is 1. The van der Waals surface area contributed by atoms with E-state index >= 15 is 0 Å². The number of hydrogen-bond acceptors (Lipinski definition) is 6. The molecule has 0 fully saturated rings. The van der Waals surface area contributed by atoms with Crippen LogP contribution in [0.1, 0.15) is 11.9 Å². The summed E-state index contributed by atoms with van der Waals surface area (Å²) in [5.74, 6) is 0.678. The first-order valence-corrected chi connectivity index (χ1v) is 6.93. The lowest BCUT2D eigenvalue weighted by Crippen LogP contribution is -2.13. The third kappa shape index (κ3) is 4.13. The van der Waals surface area contributed by atoms with Gasteiger partial charge in [-0.05, 0) is 24.5 Å². The van der Waals surface area contributed by atoms with Crippen LogP contribution in [-0.2, 0) is 9.47 Å². The zero-order valence-corrected chi connectivity index (χ0v) is 12.7. The van der Waals surface area contributed by atoms with Gasteiger partial charge in [-0.15, -0.1) is 0 Å². The minimum absolute atomic E-state index is 0.491. The molecular formula is C13H17N3O3S. The topological polar surface area (TPSA) is 75.9 Å². The van der Waals surface area contributed by atoms with E-state index in [1.165, 1.54) is 11.8 Å². The number of nitriles is 1. The summed E-state index contributed by atoms with van der Waals surface area (Å²) in [5, 5.41) is 11.7. The average molecular weight is 295 g/mol. The number of benzene rings is 1. The maximum absolute atomic E-state index is 8.67. The van der Waals surface area contributed by atoms with Gasteiger partial charge in [0.05, 0.1) is 12.8 Å². The van der Waals surface area contributed by atoms with Gasteiger partial charge in [0.15, 0.2) is 17.7 Å². The fraction of sp³-hybridized carbons (Fsp3) is 0.385. The molecule has 0 heterocycles. The van der Waals surface area contributed by atoms with Crippen molar-refractivity contribution in [3.8, 4) is 11.9 Å². The summed E-state index contributed by atoms with van der Waals surface area (Å²) in [7, 11) is 4.68. The second-order valence-corrected chi connectivity index (χ2v) is 4.38. The van der Waals surface area contributed by atoms with Gasteiger partial charge in [-0.2, -0.15) is 5.26 Å². The molecule has 0 aliphatic carbocycles. The summed E-state index contributed by atoms with van der Waals surface area (Å²) in [4.78, 5) is 4.39. The van der Waals surface area contributed by atoms with Gasteiger partial charge in [0, 0.05) is 19.8 Å². The maximum atomic E-state index is 8.67. The smallest absolute Gasteiger partial charge is 0.185 e. The Morgan fingerprint density at radius 3 is 2.55 bits per heavy atom. The number of aliphatic imine (C=N–C) groups is 1. The molecule has 6 nitrogen and oxygen atoms in total. The van der Waals surface area contributed by atoms with Crippen molar-refractivity contribution < 1.29 is 14.2 Å². The summed E-state index contributed by atoms with van der Waals surface area (Å²) >= 11 is 1.34. The monoisotopic (exact) mass is 295 g/mol. The van der Waals surface area contributed by atoms with Crippen molar-refractivity contribution in [1.82, 2.24) is 5.32 Å². The van der Waals surface area contributed by atoms with Gasteiger partial charge in [0.1, 0.15) is 5.75 Å². The summed E-state index contributed by atoms with van der Waals surface area (Å²) in [6, 6.07) is 5.37. The Labute approximate surface area is 122 Å². The number of ether oxygens (including phenoxy) is 3. The molecule has 1 rings (SSSR count). The molecule has 0 radical (unpaired) electrons. The molecule has 0 aliphatic heterocycles. The van der Waals surface area contributed by atoms with Gasteiger partial charge in [0.25, 0.3) is 0 Å². The van der Waals surface area contributed by atoms with Crippen LogP contribution in [0.4, 0.5) is 5.69 Å². The molecular weight excluding hydrogens is 278 g/mol. The molecule has 7 heteroatoms. The van der Waals surface area contributed by atoms with E-state index in [4.69, 9.17) is 19.5 Å². The van der Waals surface area contributed by atoms with E-state index < -0.39 is 6.29 Å². The van der Waals surface area contributed by atoms with E-state index in [-0.39, 0.29) is 0 Å². The largest absolute Gasteiger partial charge is 0.497 e. The second-order valence-electron chi connectivity index (χ2n) is 3.59. The fourth-order valence-corrected chi connectivity index (χ4v) is 1.92. The molecule has 1 aromatic carbocycles. The highest BCUT2D eigenvalue weighted by molar-refractivity contribution is 8.13. The van der Waals surface area contributed by atoms with Crippen molar-refractivity contribution in [2.75, 3.05) is 27.6 Å². The molecule has 0 saturated heterocycles. The first kappa shape index (κ1) is 16.3. The van der Waals surface area contributed by atoms with Gasteiger partial charge in [-0.25, -0.2) is 4.99 Å². The van der Waals surface area contributed by atoms with Crippen LogP contribution in [0.25, 0.3) is 0 Å². The van der Waals surface area contributed by atoms with E-state index in [2.05, 4.69) is 10.3 Å². The third-order valence-electron chi connectivity index (χ3n) is 2.49. The van der Waals surface area contributed by atoms with Crippen molar-refractivity contribution in [2.24, 2.45) is 4.99 Å². The molecule has 1 N–H and O–H groups in total. The van der Waals surface area contributed by atoms with E-state index in [0.717, 1.165) is 5.56 Å². The van der Waals surface area contributed by atoms with Crippen LogP contribution >= 0.6 is 11.8 Å². The zero-order chi connectivity index (χ0) is 15.0. The van der Waals surface area contributed by atoms with Crippen molar-refractivity contribution in [3.63, 3.8) is 0 Å². The Balaban J connectivity index is 3.27. The Morgan fingerprint density at radius 1 is 1.35 bits per heavy atom. The van der Waals surface area contributed by atoms with E-state index in [1.54, 1.807) is 39.5 Å². The van der Waals surface area contributed by atoms with E-state index in [0.29, 0.717) is 16.6 Å². The highest BCUT2D eigenvalue weighted by Gasteiger charge is 2.15. The first-order chi connectivity index (χ1) is 9.69. The van der Waals surface area contributed by atoms with Crippen molar-refractivity contribution >= 4 is 22.6 Å². The molecule has 20 heavy (non-hydrogen) atoms. The van der Waals surface area contributed by atoms with E-state index in [1.807, 2.05) is 12.4 Å². The Bertz CT molecular complexity index is 510. The summed E-state index contributed by atoms with van der Waals surface area (Å²) in [6.07, 6.45) is 3.12. The molecule has 0 amide bonds. The van der Waals surface area contributed by atoms with Crippen molar-refractivity contribution in [2.45, 2.75) is 6.29 Å². The molecule has 0 aliphatic rings. The van der Waals surface area contributed by atoms with Gasteiger partial charge in [0.2, 0.25) is 0 Å². The van der Waals surface area contributed by atoms with Crippen LogP contribution in [0, 0.1) is 11.5 Å². The summed E-state index contributed by atoms with van der Waals surface area (Å²) in [5.41, 5.74) is 1.37. The van der Waals surface area contributed by atoms with Crippen LogP contribution in [0.5, 0.6) is 5.75 Å². The van der Waals surface area contributed by atoms with Crippen LogP contribution in [0.3, 0.4) is 0 Å². The predicted molar refractivity (Wildman–Crippen MR) is 79.1 cm³/mol. The lowest BCUT2D eigenvalue weighted by Gasteiger charge is -2.17. The first-order valence-electron chi connectivity index (χ1n) is 5.71. The quantitative estimate of drug-likeness (QED) is 0.295. The van der Waals surface area contributed by atoms with Gasteiger partial charge in [-0.3, -0.25) is 5.32 Å². The summed E-state index contributed by atoms with van der Waals surface area (Å²) < 4.78 is 15.7. The molecule has 0 aromatic heterocycles.